The molecule has 0 N–H and O–H groups in total. The van der Waals surface area contributed by atoms with Crippen molar-refractivity contribution in [2.24, 2.45) is 0 Å². The number of methoxy groups -OCH3 is 1. The number of hydrogen-bond donors (Lipinski definition) is 0. The van der Waals surface area contributed by atoms with Crippen LogP contribution in [-0.4, -0.2) is 59.3 Å². The van der Waals surface area contributed by atoms with Crippen LogP contribution in [0.25, 0.3) is 10.2 Å². The van der Waals surface area contributed by atoms with Crippen molar-refractivity contribution < 1.29 is 14.3 Å². The zero-order valence-electron chi connectivity index (χ0n) is 20.1. The Morgan fingerprint density at radius 2 is 1.57 bits per heavy atom. The Balaban J connectivity index is 1.37. The molecule has 2 aromatic heterocycles. The number of nitrogens with zero attached hydrogens (tertiary/aromatic N) is 3. The maximum Gasteiger partial charge on any atom is 0.270 e. The Hall–Kier alpha value is -3.42. The maximum atomic E-state index is 13.7. The van der Waals surface area contributed by atoms with Gasteiger partial charge in [0.05, 0.1) is 22.2 Å². The zero-order chi connectivity index (χ0) is 24.4. The molecule has 0 bridgehead atoms. The van der Waals surface area contributed by atoms with E-state index in [1.165, 1.54) is 16.9 Å². The van der Waals surface area contributed by atoms with Crippen molar-refractivity contribution in [3.8, 4) is 5.75 Å². The number of piperazine rings is 1. The molecule has 1 amide bonds. The van der Waals surface area contributed by atoms with E-state index in [0.717, 1.165) is 41.2 Å². The lowest BCUT2D eigenvalue weighted by Gasteiger charge is -2.35. The van der Waals surface area contributed by atoms with E-state index in [4.69, 9.17) is 4.74 Å². The van der Waals surface area contributed by atoms with E-state index in [1.807, 2.05) is 47.4 Å². The van der Waals surface area contributed by atoms with Gasteiger partial charge in [0.25, 0.3) is 5.91 Å². The summed E-state index contributed by atoms with van der Waals surface area (Å²) in [4.78, 5) is 30.7. The summed E-state index contributed by atoms with van der Waals surface area (Å²) < 4.78 is 8.31. The van der Waals surface area contributed by atoms with Gasteiger partial charge in [-0.25, -0.2) is 0 Å². The summed E-state index contributed by atoms with van der Waals surface area (Å²) in [6, 6.07) is 22.2. The Morgan fingerprint density at radius 1 is 0.886 bits per heavy atom. The average molecular weight is 488 g/mol. The van der Waals surface area contributed by atoms with Crippen LogP contribution in [0.3, 0.4) is 0 Å². The van der Waals surface area contributed by atoms with Crippen molar-refractivity contribution in [3.63, 3.8) is 0 Å². The van der Waals surface area contributed by atoms with Crippen molar-refractivity contribution >= 4 is 33.2 Å². The molecule has 7 heteroatoms. The van der Waals surface area contributed by atoms with E-state index in [9.17, 15) is 9.59 Å². The second kappa shape index (κ2) is 10.1. The highest BCUT2D eigenvalue weighted by atomic mass is 32.1. The molecule has 6 nitrogen and oxygen atoms in total. The number of fused-ring (bicyclic) bond motifs is 1. The number of benzene rings is 2. The largest absolute Gasteiger partial charge is 0.497 e. The van der Waals surface area contributed by atoms with Crippen LogP contribution < -0.4 is 4.74 Å². The summed E-state index contributed by atoms with van der Waals surface area (Å²) in [6.45, 7) is 6.14. The molecule has 4 aromatic rings. The van der Waals surface area contributed by atoms with Gasteiger partial charge >= 0.3 is 0 Å². The van der Waals surface area contributed by atoms with E-state index in [0.29, 0.717) is 30.2 Å². The fourth-order valence-corrected chi connectivity index (χ4v) is 5.58. The van der Waals surface area contributed by atoms with E-state index in [-0.39, 0.29) is 11.7 Å². The SMILES string of the molecule is COc1ccc(Cn2c(C(=O)N3CCN(Cc4ccccc4)CC3)cc3sc(C(C)=O)cc32)cc1. The Labute approximate surface area is 209 Å². The fourth-order valence-electron chi connectivity index (χ4n) is 4.59. The Bertz CT molecular complexity index is 1330. The Morgan fingerprint density at radius 3 is 2.23 bits per heavy atom. The second-order valence-corrected chi connectivity index (χ2v) is 10.0. The average Bonchev–Trinajstić information content (AvgIpc) is 3.45. The minimum Gasteiger partial charge on any atom is -0.497 e. The van der Waals surface area contributed by atoms with Crippen molar-refractivity contribution in [1.82, 2.24) is 14.4 Å². The molecule has 0 aliphatic carbocycles. The number of aromatic nitrogens is 1. The van der Waals surface area contributed by atoms with Gasteiger partial charge in [0, 0.05) is 39.3 Å². The highest BCUT2D eigenvalue weighted by Crippen LogP contribution is 2.31. The van der Waals surface area contributed by atoms with E-state index >= 15 is 0 Å². The number of ketones is 1. The number of carbonyl (C=O) groups excluding carboxylic acids is 2. The van der Waals surface area contributed by atoms with Gasteiger partial charge in [0.15, 0.2) is 5.78 Å². The third-order valence-electron chi connectivity index (χ3n) is 6.56. The standard InChI is InChI=1S/C28H29N3O3S/c1-20(32)26-16-24-27(35-26)17-25(31(24)19-22-8-10-23(34-2)11-9-22)28(33)30-14-12-29(13-15-30)18-21-6-4-3-5-7-21/h3-11,16-17H,12-15,18-19H2,1-2H3. The molecule has 1 fully saturated rings. The number of ether oxygens (including phenoxy) is 1. The lowest BCUT2D eigenvalue weighted by Crippen LogP contribution is -2.48. The lowest BCUT2D eigenvalue weighted by atomic mass is 10.2. The number of rotatable bonds is 7. The normalized spacial score (nSPS) is 14.4. The van der Waals surface area contributed by atoms with Crippen molar-refractivity contribution in [2.45, 2.75) is 20.0 Å². The summed E-state index contributed by atoms with van der Waals surface area (Å²) in [5.41, 5.74) is 3.97. The van der Waals surface area contributed by atoms with Gasteiger partial charge in [-0.15, -0.1) is 11.3 Å². The van der Waals surface area contributed by atoms with Gasteiger partial charge in [0.2, 0.25) is 0 Å². The first-order valence-corrected chi connectivity index (χ1v) is 12.7. The molecular weight excluding hydrogens is 458 g/mol. The predicted molar refractivity (Wildman–Crippen MR) is 140 cm³/mol. The maximum absolute atomic E-state index is 13.7. The van der Waals surface area contributed by atoms with E-state index in [1.54, 1.807) is 14.0 Å². The molecular formula is C28H29N3O3S. The van der Waals surface area contributed by atoms with Crippen LogP contribution in [0.15, 0.2) is 66.7 Å². The number of thiophene rings is 1. The van der Waals surface area contributed by atoms with Crippen molar-refractivity contribution in [3.05, 3.63) is 88.4 Å². The van der Waals surface area contributed by atoms with Crippen LogP contribution in [0.4, 0.5) is 0 Å². The third kappa shape index (κ3) is 5.01. The van der Waals surface area contributed by atoms with Crippen molar-refractivity contribution in [2.75, 3.05) is 33.3 Å². The summed E-state index contributed by atoms with van der Waals surface area (Å²) in [5, 5.41) is 0. The first kappa shape index (κ1) is 23.3. The number of Topliss-reactive ketones (excluding diaryl/α,β-unsaturated/α-hetero) is 1. The summed E-state index contributed by atoms with van der Waals surface area (Å²) in [5.74, 6) is 0.890. The monoisotopic (exact) mass is 487 g/mol. The van der Waals surface area contributed by atoms with Gasteiger partial charge in [0.1, 0.15) is 11.4 Å². The minimum absolute atomic E-state index is 0.0459. The smallest absolute Gasteiger partial charge is 0.270 e. The van der Waals surface area contributed by atoms with Crippen LogP contribution in [0.1, 0.15) is 38.2 Å². The summed E-state index contributed by atoms with van der Waals surface area (Å²) >= 11 is 1.45. The molecule has 1 aliphatic heterocycles. The van der Waals surface area contributed by atoms with Crippen molar-refractivity contribution in [1.29, 1.82) is 0 Å². The molecule has 1 saturated heterocycles. The first-order valence-electron chi connectivity index (χ1n) is 11.8. The van der Waals surface area contributed by atoms with Gasteiger partial charge in [-0.1, -0.05) is 42.5 Å². The Kier molecular flexibility index (Phi) is 6.70. The molecule has 2 aromatic carbocycles. The summed E-state index contributed by atoms with van der Waals surface area (Å²) in [6.07, 6.45) is 0. The lowest BCUT2D eigenvalue weighted by molar-refractivity contribution is 0.0619. The summed E-state index contributed by atoms with van der Waals surface area (Å²) in [7, 11) is 1.65. The molecule has 180 valence electrons. The van der Waals surface area contributed by atoms with E-state index in [2.05, 4.69) is 33.7 Å². The number of hydrogen-bond acceptors (Lipinski definition) is 5. The molecule has 0 radical (unpaired) electrons. The van der Waals surface area contributed by atoms with Crippen LogP contribution in [0, 0.1) is 0 Å². The molecule has 0 spiro atoms. The highest BCUT2D eigenvalue weighted by Gasteiger charge is 2.26. The van der Waals surface area contributed by atoms with Gasteiger partial charge in [-0.2, -0.15) is 0 Å². The minimum atomic E-state index is 0.0459. The predicted octanol–water partition coefficient (Wildman–Crippen LogP) is 4.92. The third-order valence-corrected chi connectivity index (χ3v) is 7.74. The zero-order valence-corrected chi connectivity index (χ0v) is 20.9. The quantitative estimate of drug-likeness (QED) is 0.347. The van der Waals surface area contributed by atoms with Gasteiger partial charge in [-0.3, -0.25) is 14.5 Å². The van der Waals surface area contributed by atoms with Gasteiger partial charge < -0.3 is 14.2 Å². The van der Waals surface area contributed by atoms with E-state index < -0.39 is 0 Å². The first-order chi connectivity index (χ1) is 17.0. The molecule has 0 unspecified atom stereocenters. The number of amides is 1. The second-order valence-electron chi connectivity index (χ2n) is 8.93. The molecule has 0 saturated carbocycles. The fraction of sp³-hybridized carbons (Fsp3) is 0.286. The van der Waals surface area contributed by atoms with Crippen LogP contribution in [-0.2, 0) is 13.1 Å². The topological polar surface area (TPSA) is 54.8 Å². The number of carbonyl (C=O) groups is 2. The molecule has 5 rings (SSSR count). The van der Waals surface area contributed by atoms with Crippen LogP contribution >= 0.6 is 11.3 Å². The van der Waals surface area contributed by atoms with Crippen LogP contribution in [0.5, 0.6) is 5.75 Å². The molecule has 0 atom stereocenters. The highest BCUT2D eigenvalue weighted by molar-refractivity contribution is 7.20. The molecule has 3 heterocycles. The molecule has 1 aliphatic rings. The molecule has 35 heavy (non-hydrogen) atoms. The van der Waals surface area contributed by atoms with Gasteiger partial charge in [-0.05, 0) is 42.3 Å². The van der Waals surface area contributed by atoms with Crippen LogP contribution in [0.2, 0.25) is 0 Å².